The molecule has 30 heavy (non-hydrogen) atoms. The van der Waals surface area contributed by atoms with Crippen LogP contribution < -0.4 is 10.1 Å². The van der Waals surface area contributed by atoms with Crippen molar-refractivity contribution in [1.29, 1.82) is 5.26 Å². The minimum atomic E-state index is -0.583. The summed E-state index contributed by atoms with van der Waals surface area (Å²) in [5, 5.41) is 23.0. The number of nitrogens with zero attached hydrogens (tertiary/aromatic N) is 2. The summed E-state index contributed by atoms with van der Waals surface area (Å²) < 4.78 is 5.04. The topological polar surface area (TPSA) is 95.2 Å². The van der Waals surface area contributed by atoms with Crippen molar-refractivity contribution in [2.24, 2.45) is 0 Å². The Balaban J connectivity index is 1.71. The van der Waals surface area contributed by atoms with E-state index in [-0.39, 0.29) is 17.1 Å². The van der Waals surface area contributed by atoms with E-state index in [2.05, 4.69) is 10.3 Å². The van der Waals surface area contributed by atoms with E-state index in [0.29, 0.717) is 27.2 Å². The molecule has 0 unspecified atom stereocenters. The number of phenols is 1. The summed E-state index contributed by atoms with van der Waals surface area (Å²) in [6.45, 7) is 0. The van der Waals surface area contributed by atoms with Gasteiger partial charge in [0, 0.05) is 17.5 Å². The van der Waals surface area contributed by atoms with E-state index in [1.807, 2.05) is 12.1 Å². The fourth-order valence-electron chi connectivity index (χ4n) is 2.56. The van der Waals surface area contributed by atoms with E-state index in [1.165, 1.54) is 36.7 Å². The lowest BCUT2D eigenvalue weighted by Crippen LogP contribution is -2.13. The summed E-state index contributed by atoms with van der Waals surface area (Å²) in [5.41, 5.74) is 1.39. The second kappa shape index (κ2) is 9.63. The number of hydrogen-bond donors (Lipinski definition) is 2. The molecule has 9 heteroatoms. The number of carbonyl (C=O) groups excluding carboxylic acids is 1. The summed E-state index contributed by atoms with van der Waals surface area (Å²) in [6.07, 6.45) is 3.64. The van der Waals surface area contributed by atoms with Gasteiger partial charge in [-0.15, -0.1) is 11.3 Å². The number of hydrogen-bond acceptors (Lipinski definition) is 6. The van der Waals surface area contributed by atoms with E-state index in [1.54, 1.807) is 24.4 Å². The first-order valence-corrected chi connectivity index (χ1v) is 10.2. The number of phenolic OH excluding ortho intramolecular Hbond substituents is 1. The molecular formula is C21H15Cl2N3O3S. The van der Waals surface area contributed by atoms with E-state index < -0.39 is 5.91 Å². The van der Waals surface area contributed by atoms with Gasteiger partial charge in [0.25, 0.3) is 5.91 Å². The molecule has 0 bridgehead atoms. The van der Waals surface area contributed by atoms with E-state index in [9.17, 15) is 15.2 Å². The van der Waals surface area contributed by atoms with Crippen LogP contribution in [0.5, 0.6) is 11.5 Å². The van der Waals surface area contributed by atoms with Crippen LogP contribution in [0.15, 0.2) is 48.2 Å². The van der Waals surface area contributed by atoms with Gasteiger partial charge in [0.1, 0.15) is 11.6 Å². The number of carbonyl (C=O) groups is 1. The Bertz CT molecular complexity index is 1170. The first-order valence-electron chi connectivity index (χ1n) is 8.58. The van der Waals surface area contributed by atoms with Crippen LogP contribution in [0.2, 0.25) is 10.0 Å². The Morgan fingerprint density at radius 3 is 2.80 bits per heavy atom. The molecule has 3 aromatic rings. The van der Waals surface area contributed by atoms with Crippen molar-refractivity contribution in [3.05, 3.63) is 74.2 Å². The number of nitriles is 1. The van der Waals surface area contributed by atoms with Gasteiger partial charge in [-0.25, -0.2) is 4.98 Å². The van der Waals surface area contributed by atoms with Crippen LogP contribution in [0, 0.1) is 11.3 Å². The fraction of sp³-hybridized carbons (Fsp3) is 0.0952. The predicted molar refractivity (Wildman–Crippen MR) is 118 cm³/mol. The lowest BCUT2D eigenvalue weighted by atomic mass is 10.1. The zero-order valence-corrected chi connectivity index (χ0v) is 18.0. The molecule has 2 aromatic carbocycles. The maximum atomic E-state index is 12.5. The third-order valence-electron chi connectivity index (χ3n) is 4.02. The number of benzene rings is 2. The molecule has 1 heterocycles. The van der Waals surface area contributed by atoms with Gasteiger partial charge >= 0.3 is 0 Å². The molecular weight excluding hydrogens is 445 g/mol. The Morgan fingerprint density at radius 2 is 2.10 bits per heavy atom. The third kappa shape index (κ3) is 5.30. The molecule has 0 aliphatic carbocycles. The standard InChI is InChI=1S/C21H15Cl2N3O3S/c1-29-19-9-12(3-5-18(19)27)6-14(10-24)20(28)26-21-25-11-15(30-21)7-13-2-4-16(22)17(23)8-13/h2-6,8-9,11,27H,7H2,1H3,(H,25,26,28). The molecule has 0 fully saturated rings. The van der Waals surface area contributed by atoms with Gasteiger partial charge in [-0.3, -0.25) is 10.1 Å². The van der Waals surface area contributed by atoms with Crippen molar-refractivity contribution in [3.63, 3.8) is 0 Å². The minimum Gasteiger partial charge on any atom is -0.504 e. The van der Waals surface area contributed by atoms with Gasteiger partial charge in [-0.05, 0) is 41.5 Å². The Morgan fingerprint density at radius 1 is 1.30 bits per heavy atom. The molecule has 2 N–H and O–H groups in total. The second-order valence-electron chi connectivity index (χ2n) is 6.11. The van der Waals surface area contributed by atoms with Crippen molar-refractivity contribution in [2.45, 2.75) is 6.42 Å². The molecule has 1 aromatic heterocycles. The van der Waals surface area contributed by atoms with Crippen LogP contribution in [0.4, 0.5) is 5.13 Å². The predicted octanol–water partition coefficient (Wildman–Crippen LogP) is 5.30. The number of ether oxygens (including phenoxy) is 1. The molecule has 3 rings (SSSR count). The van der Waals surface area contributed by atoms with Gasteiger partial charge in [0.05, 0.1) is 17.2 Å². The summed E-state index contributed by atoms with van der Waals surface area (Å²) in [7, 11) is 1.42. The Hall–Kier alpha value is -3.05. The average molecular weight is 460 g/mol. The maximum Gasteiger partial charge on any atom is 0.268 e. The number of rotatable bonds is 6. The number of thiazole rings is 1. The van der Waals surface area contributed by atoms with Crippen LogP contribution in [-0.2, 0) is 11.2 Å². The molecule has 6 nitrogen and oxygen atoms in total. The number of halogens is 2. The number of aromatic nitrogens is 1. The molecule has 0 atom stereocenters. The van der Waals surface area contributed by atoms with Gasteiger partial charge in [-0.2, -0.15) is 5.26 Å². The highest BCUT2D eigenvalue weighted by Gasteiger charge is 2.13. The highest BCUT2D eigenvalue weighted by molar-refractivity contribution is 7.15. The average Bonchev–Trinajstić information content (AvgIpc) is 3.16. The normalized spacial score (nSPS) is 11.1. The van der Waals surface area contributed by atoms with Gasteiger partial charge < -0.3 is 9.84 Å². The molecule has 0 aliphatic rings. The molecule has 0 radical (unpaired) electrons. The first-order chi connectivity index (χ1) is 14.4. The highest BCUT2D eigenvalue weighted by atomic mass is 35.5. The lowest BCUT2D eigenvalue weighted by molar-refractivity contribution is -0.112. The Labute approximate surface area is 187 Å². The number of aromatic hydroxyl groups is 1. The molecule has 0 spiro atoms. The van der Waals surface area contributed by atoms with E-state index in [0.717, 1.165) is 10.4 Å². The smallest absolute Gasteiger partial charge is 0.268 e. The van der Waals surface area contributed by atoms with Gasteiger partial charge in [-0.1, -0.05) is 35.3 Å². The van der Waals surface area contributed by atoms with E-state index in [4.69, 9.17) is 27.9 Å². The largest absolute Gasteiger partial charge is 0.504 e. The lowest BCUT2D eigenvalue weighted by Gasteiger charge is -2.04. The van der Waals surface area contributed by atoms with Crippen molar-refractivity contribution >= 4 is 51.7 Å². The van der Waals surface area contributed by atoms with Gasteiger partial charge in [0.2, 0.25) is 0 Å². The summed E-state index contributed by atoms with van der Waals surface area (Å²) in [4.78, 5) is 17.6. The van der Waals surface area contributed by atoms with Crippen LogP contribution in [0.25, 0.3) is 6.08 Å². The molecule has 0 saturated carbocycles. The number of methoxy groups -OCH3 is 1. The maximum absolute atomic E-state index is 12.5. The summed E-state index contributed by atoms with van der Waals surface area (Å²) >= 11 is 13.3. The Kier molecular flexibility index (Phi) is 6.95. The number of anilines is 1. The zero-order valence-electron chi connectivity index (χ0n) is 15.6. The summed E-state index contributed by atoms with van der Waals surface area (Å²) in [6, 6.07) is 11.8. The zero-order chi connectivity index (χ0) is 21.7. The SMILES string of the molecule is COc1cc(C=C(C#N)C(=O)Nc2ncc(Cc3ccc(Cl)c(Cl)c3)s2)ccc1O. The van der Waals surface area contributed by atoms with Crippen molar-refractivity contribution in [1.82, 2.24) is 4.98 Å². The van der Waals surface area contributed by atoms with E-state index >= 15 is 0 Å². The minimum absolute atomic E-state index is 0.0325. The first kappa shape index (κ1) is 21.7. The van der Waals surface area contributed by atoms with Crippen LogP contribution in [0.1, 0.15) is 16.0 Å². The van der Waals surface area contributed by atoms with Crippen molar-refractivity contribution in [2.75, 3.05) is 12.4 Å². The molecule has 152 valence electrons. The fourth-order valence-corrected chi connectivity index (χ4v) is 3.72. The third-order valence-corrected chi connectivity index (χ3v) is 5.67. The molecule has 0 saturated heterocycles. The van der Waals surface area contributed by atoms with Crippen LogP contribution >= 0.6 is 34.5 Å². The van der Waals surface area contributed by atoms with Crippen LogP contribution in [-0.4, -0.2) is 23.1 Å². The van der Waals surface area contributed by atoms with Gasteiger partial charge in [0.15, 0.2) is 16.6 Å². The van der Waals surface area contributed by atoms with Crippen molar-refractivity contribution < 1.29 is 14.6 Å². The second-order valence-corrected chi connectivity index (χ2v) is 8.04. The van der Waals surface area contributed by atoms with Crippen LogP contribution in [0.3, 0.4) is 0 Å². The van der Waals surface area contributed by atoms with Crippen molar-refractivity contribution in [3.8, 4) is 17.6 Å². The quantitative estimate of drug-likeness (QED) is 0.385. The highest BCUT2D eigenvalue weighted by Crippen LogP contribution is 2.28. The molecule has 1 amide bonds. The summed E-state index contributed by atoms with van der Waals surface area (Å²) in [5.74, 6) is -0.372. The monoisotopic (exact) mass is 459 g/mol. The number of nitrogens with one attached hydrogen (secondary N) is 1. The molecule has 0 aliphatic heterocycles. The number of amides is 1.